The summed E-state index contributed by atoms with van der Waals surface area (Å²) >= 11 is 0. The molecule has 0 amide bonds. The molecule has 3 atom stereocenters. The molecule has 2 N–H and O–H groups in total. The molecule has 1 aliphatic heterocycles. The first-order valence-electron chi connectivity index (χ1n) is 5.89. The average Bonchev–Trinajstić information content (AvgIpc) is 2.75. The Morgan fingerprint density at radius 3 is 2.71 bits per heavy atom. The second kappa shape index (κ2) is 4.60. The molecule has 2 fully saturated rings. The van der Waals surface area contributed by atoms with E-state index < -0.39 is 0 Å². The number of rotatable bonds is 3. The normalized spacial score (nSPS) is 38.4. The van der Waals surface area contributed by atoms with Crippen molar-refractivity contribution in [3.05, 3.63) is 0 Å². The Morgan fingerprint density at radius 2 is 2.14 bits per heavy atom. The molecule has 3 heteroatoms. The van der Waals surface area contributed by atoms with Crippen LogP contribution in [0.4, 0.5) is 0 Å². The summed E-state index contributed by atoms with van der Waals surface area (Å²) in [6, 6.07) is 1.07. The average molecular weight is 198 g/mol. The molecule has 0 radical (unpaired) electrons. The smallest absolute Gasteiger partial charge is 0.0695 e. The van der Waals surface area contributed by atoms with E-state index in [1.165, 1.54) is 32.2 Å². The van der Waals surface area contributed by atoms with Gasteiger partial charge in [0.1, 0.15) is 0 Å². The number of hydrogen-bond donors (Lipinski definition) is 2. The Morgan fingerprint density at radius 1 is 1.29 bits per heavy atom. The molecule has 1 heterocycles. The molecule has 0 bridgehead atoms. The predicted molar refractivity (Wildman–Crippen MR) is 57.3 cm³/mol. The van der Waals surface area contributed by atoms with Gasteiger partial charge in [-0.25, -0.2) is 0 Å². The van der Waals surface area contributed by atoms with E-state index in [0.717, 1.165) is 13.0 Å². The molecule has 2 rings (SSSR count). The van der Waals surface area contributed by atoms with Crippen LogP contribution in [-0.4, -0.2) is 48.3 Å². The topological polar surface area (TPSA) is 35.5 Å². The van der Waals surface area contributed by atoms with Crippen LogP contribution in [0.25, 0.3) is 0 Å². The lowest BCUT2D eigenvalue weighted by Crippen LogP contribution is -2.44. The predicted octanol–water partition coefficient (Wildman–Crippen LogP) is 0.584. The van der Waals surface area contributed by atoms with Crippen molar-refractivity contribution in [2.75, 3.05) is 20.1 Å². The third-order valence-electron chi connectivity index (χ3n) is 3.68. The van der Waals surface area contributed by atoms with Crippen molar-refractivity contribution in [2.45, 2.75) is 50.3 Å². The number of likely N-dealkylation sites (N-methyl/N-ethyl adjacent to an activating group) is 1. The molecule has 14 heavy (non-hydrogen) atoms. The summed E-state index contributed by atoms with van der Waals surface area (Å²) in [5.74, 6) is 0. The summed E-state index contributed by atoms with van der Waals surface area (Å²) in [6.07, 6.45) is 5.88. The minimum absolute atomic E-state index is 0.0820. The third-order valence-corrected chi connectivity index (χ3v) is 3.68. The van der Waals surface area contributed by atoms with E-state index >= 15 is 0 Å². The maximum atomic E-state index is 9.77. The van der Waals surface area contributed by atoms with Gasteiger partial charge in [-0.1, -0.05) is 0 Å². The van der Waals surface area contributed by atoms with Gasteiger partial charge in [0.25, 0.3) is 0 Å². The lowest BCUT2D eigenvalue weighted by atomic mass is 10.1. The highest BCUT2D eigenvalue weighted by molar-refractivity contribution is 4.86. The van der Waals surface area contributed by atoms with Gasteiger partial charge >= 0.3 is 0 Å². The van der Waals surface area contributed by atoms with E-state index in [4.69, 9.17) is 0 Å². The number of nitrogens with zero attached hydrogens (tertiary/aromatic N) is 1. The molecule has 0 aromatic heterocycles. The Balaban J connectivity index is 1.78. The molecular formula is C11H22N2O. The first kappa shape index (κ1) is 10.4. The summed E-state index contributed by atoms with van der Waals surface area (Å²) in [5, 5.41) is 13.3. The highest BCUT2D eigenvalue weighted by Crippen LogP contribution is 2.23. The van der Waals surface area contributed by atoms with Gasteiger partial charge in [-0.05, 0) is 45.7 Å². The van der Waals surface area contributed by atoms with Crippen LogP contribution in [0.1, 0.15) is 32.1 Å². The largest absolute Gasteiger partial charge is 0.391 e. The number of aliphatic hydroxyl groups excluding tert-OH is 1. The van der Waals surface area contributed by atoms with E-state index in [1.54, 1.807) is 0 Å². The van der Waals surface area contributed by atoms with E-state index in [9.17, 15) is 5.11 Å². The second-order valence-corrected chi connectivity index (χ2v) is 4.80. The minimum atomic E-state index is -0.0820. The Kier molecular flexibility index (Phi) is 3.42. The lowest BCUT2D eigenvalue weighted by Gasteiger charge is -2.29. The Hall–Kier alpha value is -0.120. The van der Waals surface area contributed by atoms with Crippen LogP contribution in [0.3, 0.4) is 0 Å². The van der Waals surface area contributed by atoms with Crippen LogP contribution in [0.5, 0.6) is 0 Å². The number of nitrogens with one attached hydrogen (secondary N) is 1. The van der Waals surface area contributed by atoms with Gasteiger partial charge in [0.2, 0.25) is 0 Å². The van der Waals surface area contributed by atoms with Crippen molar-refractivity contribution >= 4 is 0 Å². The number of aliphatic hydroxyl groups is 1. The van der Waals surface area contributed by atoms with Crippen LogP contribution in [-0.2, 0) is 0 Å². The van der Waals surface area contributed by atoms with Crippen LogP contribution in [0.15, 0.2) is 0 Å². The second-order valence-electron chi connectivity index (χ2n) is 4.80. The molecule has 3 unspecified atom stereocenters. The molecule has 1 aliphatic carbocycles. The highest BCUT2D eigenvalue weighted by Gasteiger charge is 2.30. The molecule has 3 nitrogen and oxygen atoms in total. The summed E-state index contributed by atoms with van der Waals surface area (Å²) < 4.78 is 0. The van der Waals surface area contributed by atoms with Gasteiger partial charge < -0.3 is 10.4 Å². The zero-order valence-corrected chi connectivity index (χ0v) is 9.08. The van der Waals surface area contributed by atoms with Crippen LogP contribution < -0.4 is 5.32 Å². The maximum absolute atomic E-state index is 9.77. The van der Waals surface area contributed by atoms with Gasteiger partial charge in [-0.3, -0.25) is 4.90 Å². The van der Waals surface area contributed by atoms with Gasteiger partial charge in [-0.15, -0.1) is 0 Å². The fourth-order valence-corrected chi connectivity index (χ4v) is 2.83. The summed E-state index contributed by atoms with van der Waals surface area (Å²) in [6.45, 7) is 2.27. The Labute approximate surface area is 86.5 Å². The Bertz CT molecular complexity index is 180. The zero-order valence-electron chi connectivity index (χ0n) is 9.08. The lowest BCUT2D eigenvalue weighted by molar-refractivity contribution is 0.0819. The fraction of sp³-hybridized carbons (Fsp3) is 1.00. The van der Waals surface area contributed by atoms with Crippen molar-refractivity contribution in [1.82, 2.24) is 10.2 Å². The summed E-state index contributed by atoms with van der Waals surface area (Å²) in [7, 11) is 2.15. The van der Waals surface area contributed by atoms with Crippen LogP contribution in [0, 0.1) is 0 Å². The van der Waals surface area contributed by atoms with Crippen molar-refractivity contribution in [3.8, 4) is 0 Å². The van der Waals surface area contributed by atoms with E-state index in [1.807, 2.05) is 0 Å². The minimum Gasteiger partial charge on any atom is -0.391 e. The van der Waals surface area contributed by atoms with Crippen LogP contribution in [0.2, 0.25) is 0 Å². The molecule has 1 saturated carbocycles. The van der Waals surface area contributed by atoms with E-state index in [2.05, 4.69) is 17.3 Å². The van der Waals surface area contributed by atoms with Gasteiger partial charge in [0.15, 0.2) is 0 Å². The SMILES string of the molecule is CN(CC1CCCN1)C1CCCC1O. The monoisotopic (exact) mass is 198 g/mol. The molecule has 2 aliphatic rings. The molecule has 82 valence electrons. The zero-order chi connectivity index (χ0) is 9.97. The third kappa shape index (κ3) is 2.27. The molecule has 0 spiro atoms. The molecular weight excluding hydrogens is 176 g/mol. The molecule has 0 aromatic carbocycles. The van der Waals surface area contributed by atoms with Gasteiger partial charge in [0.05, 0.1) is 6.10 Å². The summed E-state index contributed by atoms with van der Waals surface area (Å²) in [5.41, 5.74) is 0. The first-order valence-corrected chi connectivity index (χ1v) is 5.89. The van der Waals surface area contributed by atoms with Gasteiger partial charge in [0, 0.05) is 18.6 Å². The summed E-state index contributed by atoms with van der Waals surface area (Å²) in [4.78, 5) is 2.35. The quantitative estimate of drug-likeness (QED) is 0.696. The van der Waals surface area contributed by atoms with Crippen molar-refractivity contribution < 1.29 is 5.11 Å². The number of hydrogen-bond acceptors (Lipinski definition) is 3. The van der Waals surface area contributed by atoms with Gasteiger partial charge in [-0.2, -0.15) is 0 Å². The van der Waals surface area contributed by atoms with Crippen molar-refractivity contribution in [2.24, 2.45) is 0 Å². The molecule has 1 saturated heterocycles. The van der Waals surface area contributed by atoms with E-state index in [-0.39, 0.29) is 6.10 Å². The van der Waals surface area contributed by atoms with Crippen molar-refractivity contribution in [1.29, 1.82) is 0 Å². The standard InChI is InChI=1S/C11H22N2O/c1-13(8-9-4-3-7-12-9)10-5-2-6-11(10)14/h9-12,14H,2-8H2,1H3. The van der Waals surface area contributed by atoms with Crippen molar-refractivity contribution in [3.63, 3.8) is 0 Å². The maximum Gasteiger partial charge on any atom is 0.0695 e. The van der Waals surface area contributed by atoms with E-state index in [0.29, 0.717) is 12.1 Å². The highest BCUT2D eigenvalue weighted by atomic mass is 16.3. The first-order chi connectivity index (χ1) is 6.77. The molecule has 0 aromatic rings. The fourth-order valence-electron chi connectivity index (χ4n) is 2.83. The van der Waals surface area contributed by atoms with Crippen LogP contribution >= 0.6 is 0 Å².